The van der Waals surface area contributed by atoms with E-state index in [2.05, 4.69) is 35.5 Å². The lowest BCUT2D eigenvalue weighted by molar-refractivity contribution is 0.189. The van der Waals surface area contributed by atoms with Gasteiger partial charge < -0.3 is 19.9 Å². The van der Waals surface area contributed by atoms with Crippen LogP contribution < -0.4 is 10.5 Å². The monoisotopic (exact) mass is 302 g/mol. The fraction of sp³-hybridized carbons (Fsp3) is 0.588. The molecule has 2 heterocycles. The molecule has 0 bridgehead atoms. The van der Waals surface area contributed by atoms with E-state index in [1.54, 1.807) is 0 Å². The van der Waals surface area contributed by atoms with Crippen LogP contribution in [0.4, 0.5) is 5.95 Å². The van der Waals surface area contributed by atoms with Crippen molar-refractivity contribution in [3.05, 3.63) is 17.7 Å². The van der Waals surface area contributed by atoms with Gasteiger partial charge in [0.15, 0.2) is 0 Å². The molecule has 1 unspecified atom stereocenters. The largest absolute Gasteiger partial charge is 0.493 e. The van der Waals surface area contributed by atoms with Crippen molar-refractivity contribution < 1.29 is 4.74 Å². The third kappa shape index (κ3) is 2.77. The second kappa shape index (κ2) is 6.16. The molecule has 1 atom stereocenters. The lowest BCUT2D eigenvalue weighted by Gasteiger charge is -2.28. The molecule has 0 saturated heterocycles. The summed E-state index contributed by atoms with van der Waals surface area (Å²) in [5.74, 6) is 2.13. The van der Waals surface area contributed by atoms with Crippen LogP contribution in [0.3, 0.4) is 0 Å². The molecule has 0 spiro atoms. The van der Waals surface area contributed by atoms with E-state index < -0.39 is 0 Å². The predicted molar refractivity (Wildman–Crippen MR) is 90.3 cm³/mol. The second-order valence-corrected chi connectivity index (χ2v) is 6.53. The first-order valence-corrected chi connectivity index (χ1v) is 8.15. The Morgan fingerprint density at radius 3 is 2.95 bits per heavy atom. The molecular formula is C17H26N4O. The molecule has 0 radical (unpaired) electrons. The molecule has 0 amide bonds. The van der Waals surface area contributed by atoms with E-state index in [1.165, 1.54) is 11.1 Å². The van der Waals surface area contributed by atoms with Crippen LogP contribution in [0.5, 0.6) is 5.75 Å². The van der Waals surface area contributed by atoms with Crippen LogP contribution in [0.25, 0.3) is 11.0 Å². The van der Waals surface area contributed by atoms with Gasteiger partial charge in [0.25, 0.3) is 0 Å². The Morgan fingerprint density at radius 1 is 1.41 bits per heavy atom. The van der Waals surface area contributed by atoms with Gasteiger partial charge in [0.05, 0.1) is 17.6 Å². The first kappa shape index (κ1) is 15.2. The Hall–Kier alpha value is -1.75. The number of imidazole rings is 1. The standard InChI is InChI=1S/C17H26N4O/c1-4-5-8-21-16-13-9-12(10-20(2)3)11-22-15(13)7-6-14(16)19-17(21)18/h6-7,12H,4-5,8-11H2,1-3H3,(H2,18,19). The lowest BCUT2D eigenvalue weighted by atomic mass is 9.95. The van der Waals surface area contributed by atoms with Gasteiger partial charge in [-0.25, -0.2) is 4.98 Å². The number of aromatic nitrogens is 2. The van der Waals surface area contributed by atoms with Crippen LogP contribution in [0.1, 0.15) is 25.3 Å². The normalized spacial score (nSPS) is 17.7. The van der Waals surface area contributed by atoms with Crippen LogP contribution in [-0.2, 0) is 13.0 Å². The van der Waals surface area contributed by atoms with Crippen molar-refractivity contribution in [2.45, 2.75) is 32.7 Å². The smallest absolute Gasteiger partial charge is 0.201 e. The summed E-state index contributed by atoms with van der Waals surface area (Å²) >= 11 is 0. The first-order chi connectivity index (χ1) is 10.6. The lowest BCUT2D eigenvalue weighted by Crippen LogP contribution is -2.31. The second-order valence-electron chi connectivity index (χ2n) is 6.53. The van der Waals surface area contributed by atoms with Crippen LogP contribution in [0, 0.1) is 5.92 Å². The highest BCUT2D eigenvalue weighted by molar-refractivity contribution is 5.84. The Bertz CT molecular complexity index is 662. The molecule has 1 aromatic carbocycles. The highest BCUT2D eigenvalue weighted by atomic mass is 16.5. The number of benzene rings is 1. The molecule has 1 aliphatic rings. The number of ether oxygens (including phenoxy) is 1. The fourth-order valence-corrected chi connectivity index (χ4v) is 3.36. The minimum Gasteiger partial charge on any atom is -0.493 e. The zero-order valence-electron chi connectivity index (χ0n) is 13.8. The van der Waals surface area contributed by atoms with Gasteiger partial charge in [-0.2, -0.15) is 0 Å². The van der Waals surface area contributed by atoms with Gasteiger partial charge in [-0.15, -0.1) is 0 Å². The van der Waals surface area contributed by atoms with Crippen molar-refractivity contribution in [1.29, 1.82) is 0 Å². The molecule has 0 saturated carbocycles. The third-order valence-electron chi connectivity index (χ3n) is 4.33. The molecule has 3 rings (SSSR count). The minimum absolute atomic E-state index is 0.517. The molecule has 2 N–H and O–H groups in total. The number of fused-ring (bicyclic) bond motifs is 3. The predicted octanol–water partition coefficient (Wildman–Crippen LogP) is 2.53. The zero-order chi connectivity index (χ0) is 15.7. The molecule has 0 fully saturated rings. The molecule has 1 aliphatic heterocycles. The Morgan fingerprint density at radius 2 is 2.23 bits per heavy atom. The van der Waals surface area contributed by atoms with Crippen molar-refractivity contribution in [2.75, 3.05) is 33.0 Å². The van der Waals surface area contributed by atoms with Crippen LogP contribution in [-0.4, -0.2) is 41.7 Å². The van der Waals surface area contributed by atoms with E-state index in [9.17, 15) is 0 Å². The van der Waals surface area contributed by atoms with Crippen molar-refractivity contribution in [3.63, 3.8) is 0 Å². The summed E-state index contributed by atoms with van der Waals surface area (Å²) in [6, 6.07) is 4.07. The maximum absolute atomic E-state index is 6.15. The van der Waals surface area contributed by atoms with E-state index in [4.69, 9.17) is 10.5 Å². The van der Waals surface area contributed by atoms with Gasteiger partial charge in [-0.1, -0.05) is 13.3 Å². The van der Waals surface area contributed by atoms with Gasteiger partial charge in [0.2, 0.25) is 5.95 Å². The Labute approximate surface area is 132 Å². The number of hydrogen-bond acceptors (Lipinski definition) is 4. The van der Waals surface area contributed by atoms with E-state index in [-0.39, 0.29) is 0 Å². The van der Waals surface area contributed by atoms with Crippen LogP contribution in [0.2, 0.25) is 0 Å². The quantitative estimate of drug-likeness (QED) is 0.922. The van der Waals surface area contributed by atoms with Gasteiger partial charge in [0, 0.05) is 24.6 Å². The molecule has 120 valence electrons. The van der Waals surface area contributed by atoms with Crippen molar-refractivity contribution >= 4 is 17.0 Å². The summed E-state index contributed by atoms with van der Waals surface area (Å²) in [5.41, 5.74) is 9.58. The van der Waals surface area contributed by atoms with Crippen LogP contribution in [0.15, 0.2) is 12.1 Å². The van der Waals surface area contributed by atoms with Gasteiger partial charge in [0.1, 0.15) is 5.75 Å². The van der Waals surface area contributed by atoms with Gasteiger partial charge in [-0.3, -0.25) is 0 Å². The molecule has 1 aromatic heterocycles. The van der Waals surface area contributed by atoms with E-state index in [1.807, 2.05) is 12.1 Å². The molecule has 5 nitrogen and oxygen atoms in total. The molecule has 0 aliphatic carbocycles. The summed E-state index contributed by atoms with van der Waals surface area (Å²) in [5, 5.41) is 0. The summed E-state index contributed by atoms with van der Waals surface area (Å²) in [4.78, 5) is 6.76. The maximum Gasteiger partial charge on any atom is 0.201 e. The van der Waals surface area contributed by atoms with Gasteiger partial charge >= 0.3 is 0 Å². The average molecular weight is 302 g/mol. The topological polar surface area (TPSA) is 56.3 Å². The number of hydrogen-bond donors (Lipinski definition) is 1. The van der Waals surface area contributed by atoms with E-state index >= 15 is 0 Å². The number of rotatable bonds is 5. The molecule has 2 aromatic rings. The average Bonchev–Trinajstić information content (AvgIpc) is 2.80. The van der Waals surface area contributed by atoms with Crippen LogP contribution >= 0.6 is 0 Å². The van der Waals surface area contributed by atoms with E-state index in [0.29, 0.717) is 11.9 Å². The molecule has 5 heteroatoms. The van der Waals surface area contributed by atoms with Crippen molar-refractivity contribution in [1.82, 2.24) is 14.5 Å². The summed E-state index contributed by atoms with van der Waals surface area (Å²) in [6.07, 6.45) is 3.29. The SMILES string of the molecule is CCCCn1c(N)nc2ccc3c(c21)CC(CN(C)C)CO3. The summed E-state index contributed by atoms with van der Waals surface area (Å²) in [7, 11) is 4.22. The number of anilines is 1. The Balaban J connectivity index is 2.02. The number of nitrogens with zero attached hydrogens (tertiary/aromatic N) is 3. The molecular weight excluding hydrogens is 276 g/mol. The first-order valence-electron chi connectivity index (χ1n) is 8.15. The van der Waals surface area contributed by atoms with Crippen molar-refractivity contribution in [3.8, 4) is 5.75 Å². The number of nitrogen functional groups attached to an aromatic ring is 1. The number of aryl methyl sites for hydroxylation is 1. The molecule has 22 heavy (non-hydrogen) atoms. The summed E-state index contributed by atoms with van der Waals surface area (Å²) < 4.78 is 8.17. The fourth-order valence-electron chi connectivity index (χ4n) is 3.36. The van der Waals surface area contributed by atoms with Gasteiger partial charge in [-0.05, 0) is 39.1 Å². The highest BCUT2D eigenvalue weighted by Crippen LogP contribution is 2.35. The summed E-state index contributed by atoms with van der Waals surface area (Å²) in [6.45, 7) is 4.94. The zero-order valence-corrected chi connectivity index (χ0v) is 13.8. The highest BCUT2D eigenvalue weighted by Gasteiger charge is 2.25. The number of nitrogens with two attached hydrogens (primary N) is 1. The maximum atomic E-state index is 6.15. The minimum atomic E-state index is 0.517. The third-order valence-corrected chi connectivity index (χ3v) is 4.33. The Kier molecular flexibility index (Phi) is 4.25. The number of unbranched alkanes of at least 4 members (excludes halogenated alkanes) is 1. The van der Waals surface area contributed by atoms with Crippen molar-refractivity contribution in [2.24, 2.45) is 5.92 Å². The van der Waals surface area contributed by atoms with E-state index in [0.717, 1.165) is 50.2 Å².